The van der Waals surface area contributed by atoms with E-state index in [4.69, 9.17) is 0 Å². The van der Waals surface area contributed by atoms with Crippen molar-refractivity contribution in [3.63, 3.8) is 0 Å². The molecule has 0 saturated heterocycles. The fourth-order valence-corrected chi connectivity index (χ4v) is 1.54. The molecule has 1 rings (SSSR count). The van der Waals surface area contributed by atoms with Crippen LogP contribution >= 0.6 is 0 Å². The SMILES string of the molecule is Cn1ccc(CNCC(C)(C)S(C)(=O)=O)n1. The van der Waals surface area contributed by atoms with Crippen LogP contribution in [0.25, 0.3) is 0 Å². The van der Waals surface area contributed by atoms with Crippen LogP contribution in [0.3, 0.4) is 0 Å². The minimum absolute atomic E-state index is 0.419. The van der Waals surface area contributed by atoms with Gasteiger partial charge in [-0.25, -0.2) is 8.42 Å². The highest BCUT2D eigenvalue weighted by atomic mass is 32.2. The molecular weight excluding hydrogens is 226 g/mol. The molecule has 0 unspecified atom stereocenters. The molecule has 0 saturated carbocycles. The molecule has 92 valence electrons. The number of rotatable bonds is 5. The van der Waals surface area contributed by atoms with Crippen molar-refractivity contribution in [3.8, 4) is 0 Å². The maximum Gasteiger partial charge on any atom is 0.153 e. The van der Waals surface area contributed by atoms with E-state index in [0.29, 0.717) is 13.1 Å². The molecule has 6 heteroatoms. The Hall–Kier alpha value is -0.880. The van der Waals surface area contributed by atoms with Gasteiger partial charge in [-0.05, 0) is 19.9 Å². The summed E-state index contributed by atoms with van der Waals surface area (Å²) in [5.74, 6) is 0. The minimum atomic E-state index is -3.04. The molecule has 0 spiro atoms. The maximum absolute atomic E-state index is 11.4. The molecule has 1 aromatic rings. The van der Waals surface area contributed by atoms with Gasteiger partial charge in [0.25, 0.3) is 0 Å². The van der Waals surface area contributed by atoms with Gasteiger partial charge in [0.05, 0.1) is 10.4 Å². The molecule has 16 heavy (non-hydrogen) atoms. The molecule has 1 aromatic heterocycles. The van der Waals surface area contributed by atoms with Gasteiger partial charge in [-0.15, -0.1) is 0 Å². The summed E-state index contributed by atoms with van der Waals surface area (Å²) >= 11 is 0. The van der Waals surface area contributed by atoms with Crippen molar-refractivity contribution in [2.75, 3.05) is 12.8 Å². The lowest BCUT2D eigenvalue weighted by Crippen LogP contribution is -2.41. The Morgan fingerprint density at radius 1 is 1.50 bits per heavy atom. The maximum atomic E-state index is 11.4. The third-order valence-electron chi connectivity index (χ3n) is 2.63. The number of hydrogen-bond acceptors (Lipinski definition) is 4. The molecule has 0 aliphatic heterocycles. The summed E-state index contributed by atoms with van der Waals surface area (Å²) in [5, 5.41) is 7.30. The van der Waals surface area contributed by atoms with Crippen molar-refractivity contribution in [2.24, 2.45) is 7.05 Å². The molecule has 0 amide bonds. The highest BCUT2D eigenvalue weighted by Crippen LogP contribution is 2.13. The van der Waals surface area contributed by atoms with Gasteiger partial charge in [0, 0.05) is 32.6 Å². The fraction of sp³-hybridized carbons (Fsp3) is 0.700. The molecule has 0 aromatic carbocycles. The molecule has 1 N–H and O–H groups in total. The molecule has 0 fully saturated rings. The predicted octanol–water partition coefficient (Wildman–Crippen LogP) is 0.333. The lowest BCUT2D eigenvalue weighted by molar-refractivity contribution is 0.518. The summed E-state index contributed by atoms with van der Waals surface area (Å²) < 4.78 is 23.9. The van der Waals surface area contributed by atoms with Gasteiger partial charge in [0.15, 0.2) is 9.84 Å². The fourth-order valence-electron chi connectivity index (χ4n) is 1.18. The first kappa shape index (κ1) is 13.2. The topological polar surface area (TPSA) is 64.0 Å². The quantitative estimate of drug-likeness (QED) is 0.812. The number of nitrogens with one attached hydrogen (secondary N) is 1. The predicted molar refractivity (Wildman–Crippen MR) is 63.8 cm³/mol. The first-order valence-corrected chi connectivity index (χ1v) is 7.00. The molecule has 0 radical (unpaired) electrons. The summed E-state index contributed by atoms with van der Waals surface area (Å²) in [7, 11) is -1.19. The molecule has 0 bridgehead atoms. The van der Waals surface area contributed by atoms with Gasteiger partial charge in [0.1, 0.15) is 0 Å². The van der Waals surface area contributed by atoms with E-state index in [1.165, 1.54) is 6.26 Å². The molecule has 0 aliphatic rings. The van der Waals surface area contributed by atoms with E-state index in [1.807, 2.05) is 19.3 Å². The van der Waals surface area contributed by atoms with Crippen LogP contribution in [0.2, 0.25) is 0 Å². The number of aryl methyl sites for hydroxylation is 1. The Labute approximate surface area is 96.8 Å². The van der Waals surface area contributed by atoms with Crippen molar-refractivity contribution in [2.45, 2.75) is 25.1 Å². The van der Waals surface area contributed by atoms with Crippen molar-refractivity contribution in [1.82, 2.24) is 15.1 Å². The number of aromatic nitrogens is 2. The molecule has 0 atom stereocenters. The number of hydrogen-bond donors (Lipinski definition) is 1. The normalized spacial score (nSPS) is 13.0. The van der Waals surface area contributed by atoms with E-state index in [9.17, 15) is 8.42 Å². The third-order valence-corrected chi connectivity index (χ3v) is 4.78. The van der Waals surface area contributed by atoms with E-state index in [0.717, 1.165) is 5.69 Å². The number of sulfone groups is 1. The summed E-state index contributed by atoms with van der Waals surface area (Å²) in [6.45, 7) is 4.43. The first-order chi connectivity index (χ1) is 7.22. The molecule has 0 aliphatic carbocycles. The standard InChI is InChI=1S/C10H19N3O2S/c1-10(2,16(4,14)15)8-11-7-9-5-6-13(3)12-9/h5-6,11H,7-8H2,1-4H3. The van der Waals surface area contributed by atoms with Gasteiger partial charge < -0.3 is 5.32 Å². The van der Waals surface area contributed by atoms with Crippen LogP contribution in [-0.4, -0.2) is 35.7 Å². The van der Waals surface area contributed by atoms with E-state index in [1.54, 1.807) is 18.5 Å². The Bertz CT molecular complexity index is 448. The Morgan fingerprint density at radius 2 is 2.12 bits per heavy atom. The Kier molecular flexibility index (Phi) is 3.75. The monoisotopic (exact) mass is 245 g/mol. The highest BCUT2D eigenvalue weighted by molar-refractivity contribution is 7.92. The van der Waals surface area contributed by atoms with Crippen molar-refractivity contribution in [1.29, 1.82) is 0 Å². The van der Waals surface area contributed by atoms with Crippen LogP contribution in [0.15, 0.2) is 12.3 Å². The van der Waals surface area contributed by atoms with Crippen LogP contribution in [0, 0.1) is 0 Å². The Morgan fingerprint density at radius 3 is 2.56 bits per heavy atom. The highest BCUT2D eigenvalue weighted by Gasteiger charge is 2.29. The van der Waals surface area contributed by atoms with Crippen molar-refractivity contribution in [3.05, 3.63) is 18.0 Å². The average Bonchev–Trinajstić information content (AvgIpc) is 2.49. The number of nitrogens with zero attached hydrogens (tertiary/aromatic N) is 2. The van der Waals surface area contributed by atoms with Crippen LogP contribution in [-0.2, 0) is 23.4 Å². The van der Waals surface area contributed by atoms with E-state index in [-0.39, 0.29) is 0 Å². The van der Waals surface area contributed by atoms with E-state index < -0.39 is 14.6 Å². The van der Waals surface area contributed by atoms with Gasteiger partial charge in [-0.3, -0.25) is 4.68 Å². The van der Waals surface area contributed by atoms with Gasteiger partial charge in [-0.2, -0.15) is 5.10 Å². The first-order valence-electron chi connectivity index (χ1n) is 5.11. The van der Waals surface area contributed by atoms with Crippen LogP contribution < -0.4 is 5.32 Å². The zero-order chi connectivity index (χ0) is 12.4. The third kappa shape index (κ3) is 3.31. The van der Waals surface area contributed by atoms with E-state index in [2.05, 4.69) is 10.4 Å². The van der Waals surface area contributed by atoms with Crippen LogP contribution in [0.5, 0.6) is 0 Å². The van der Waals surface area contributed by atoms with Gasteiger partial charge >= 0.3 is 0 Å². The minimum Gasteiger partial charge on any atom is -0.310 e. The van der Waals surface area contributed by atoms with E-state index >= 15 is 0 Å². The lowest BCUT2D eigenvalue weighted by atomic mass is 10.2. The summed E-state index contributed by atoms with van der Waals surface area (Å²) in [6.07, 6.45) is 3.12. The second kappa shape index (κ2) is 4.55. The van der Waals surface area contributed by atoms with Gasteiger partial charge in [-0.1, -0.05) is 0 Å². The summed E-state index contributed by atoms with van der Waals surface area (Å²) in [6, 6.07) is 1.90. The Balaban J connectivity index is 2.48. The summed E-state index contributed by atoms with van der Waals surface area (Å²) in [4.78, 5) is 0. The molecule has 1 heterocycles. The van der Waals surface area contributed by atoms with Crippen molar-refractivity contribution < 1.29 is 8.42 Å². The van der Waals surface area contributed by atoms with Crippen LogP contribution in [0.1, 0.15) is 19.5 Å². The molecular formula is C10H19N3O2S. The van der Waals surface area contributed by atoms with Crippen molar-refractivity contribution >= 4 is 9.84 Å². The van der Waals surface area contributed by atoms with Crippen LogP contribution in [0.4, 0.5) is 0 Å². The zero-order valence-corrected chi connectivity index (χ0v) is 11.0. The zero-order valence-electron chi connectivity index (χ0n) is 10.2. The largest absolute Gasteiger partial charge is 0.310 e. The smallest absolute Gasteiger partial charge is 0.153 e. The molecule has 5 nitrogen and oxygen atoms in total. The second-order valence-corrected chi connectivity index (χ2v) is 7.27. The lowest BCUT2D eigenvalue weighted by Gasteiger charge is -2.22. The van der Waals surface area contributed by atoms with Gasteiger partial charge in [0.2, 0.25) is 0 Å². The average molecular weight is 245 g/mol. The summed E-state index contributed by atoms with van der Waals surface area (Å²) in [5.41, 5.74) is 0.909. The second-order valence-electron chi connectivity index (χ2n) is 4.62.